The van der Waals surface area contributed by atoms with E-state index >= 15 is 0 Å². The van der Waals surface area contributed by atoms with Crippen LogP contribution in [0.4, 0.5) is 13.2 Å². The molecule has 0 saturated carbocycles. The van der Waals surface area contributed by atoms with Gasteiger partial charge in [0, 0.05) is 24.0 Å². The van der Waals surface area contributed by atoms with Crippen LogP contribution < -0.4 is 0 Å². The van der Waals surface area contributed by atoms with Crippen molar-refractivity contribution in [2.45, 2.75) is 37.9 Å². The van der Waals surface area contributed by atoms with Gasteiger partial charge in [0.15, 0.2) is 0 Å². The van der Waals surface area contributed by atoms with E-state index in [0.717, 1.165) is 37.8 Å². The molecule has 1 saturated heterocycles. The van der Waals surface area contributed by atoms with E-state index in [1.807, 2.05) is 0 Å². The Labute approximate surface area is 126 Å². The number of benzene rings is 1. The molecule has 0 aromatic heterocycles. The van der Waals surface area contributed by atoms with E-state index in [1.165, 1.54) is 12.1 Å². The number of hydrogen-bond donors (Lipinski definition) is 0. The number of carbonyl (C=O) groups excluding carboxylic acids is 1. The highest BCUT2D eigenvalue weighted by Crippen LogP contribution is 2.30. The van der Waals surface area contributed by atoms with Crippen LogP contribution in [-0.4, -0.2) is 29.3 Å². The zero-order chi connectivity index (χ0) is 15.5. The van der Waals surface area contributed by atoms with Crippen molar-refractivity contribution in [3.63, 3.8) is 0 Å². The Bertz CT molecular complexity index is 504. The van der Waals surface area contributed by atoms with E-state index in [-0.39, 0.29) is 17.5 Å². The first-order valence-electron chi connectivity index (χ1n) is 6.97. The maximum atomic E-state index is 12.7. The van der Waals surface area contributed by atoms with Gasteiger partial charge in [-0.15, -0.1) is 11.6 Å². The fourth-order valence-electron chi connectivity index (χ4n) is 2.71. The number of amides is 1. The van der Waals surface area contributed by atoms with Crippen molar-refractivity contribution in [2.75, 3.05) is 12.4 Å². The van der Waals surface area contributed by atoms with Gasteiger partial charge in [0.2, 0.25) is 0 Å². The summed E-state index contributed by atoms with van der Waals surface area (Å²) < 4.78 is 38.1. The van der Waals surface area contributed by atoms with Crippen molar-refractivity contribution in [1.82, 2.24) is 4.90 Å². The van der Waals surface area contributed by atoms with Gasteiger partial charge in [-0.2, -0.15) is 13.2 Å². The highest BCUT2D eigenvalue weighted by Gasteiger charge is 2.33. The van der Waals surface area contributed by atoms with Crippen molar-refractivity contribution < 1.29 is 18.0 Å². The monoisotopic (exact) mass is 319 g/mol. The van der Waals surface area contributed by atoms with Gasteiger partial charge in [-0.1, -0.05) is 6.07 Å². The Hall–Kier alpha value is -1.23. The van der Waals surface area contributed by atoms with Crippen LogP contribution in [0.25, 0.3) is 0 Å². The first-order chi connectivity index (χ1) is 9.93. The average Bonchev–Trinajstić information content (AvgIpc) is 2.92. The molecule has 1 aliphatic rings. The smallest absolute Gasteiger partial charge is 0.336 e. The molecular weight excluding hydrogens is 303 g/mol. The minimum atomic E-state index is -4.43. The molecule has 2 nitrogen and oxygen atoms in total. The third-order valence-corrected chi connectivity index (χ3v) is 4.01. The van der Waals surface area contributed by atoms with Gasteiger partial charge in [0.1, 0.15) is 0 Å². The number of nitrogens with zero attached hydrogens (tertiary/aromatic N) is 1. The molecule has 1 aromatic rings. The number of carbonyl (C=O) groups is 1. The van der Waals surface area contributed by atoms with E-state index in [9.17, 15) is 18.0 Å². The highest BCUT2D eigenvalue weighted by molar-refractivity contribution is 6.17. The van der Waals surface area contributed by atoms with Crippen molar-refractivity contribution in [2.24, 2.45) is 0 Å². The lowest BCUT2D eigenvalue weighted by molar-refractivity contribution is -0.137. The number of alkyl halides is 4. The number of rotatable bonds is 4. The van der Waals surface area contributed by atoms with Crippen LogP contribution >= 0.6 is 11.6 Å². The maximum Gasteiger partial charge on any atom is 0.416 e. The van der Waals surface area contributed by atoms with Crippen LogP contribution in [0.15, 0.2) is 24.3 Å². The Kier molecular flexibility index (Phi) is 5.14. The molecule has 1 aromatic carbocycles. The molecule has 2 rings (SSSR count). The Morgan fingerprint density at radius 2 is 2.14 bits per heavy atom. The predicted octanol–water partition coefficient (Wildman–Crippen LogP) is 4.33. The first-order valence-corrected chi connectivity index (χ1v) is 7.51. The molecule has 1 fully saturated rings. The molecule has 0 aliphatic carbocycles. The van der Waals surface area contributed by atoms with E-state index in [0.29, 0.717) is 12.4 Å². The van der Waals surface area contributed by atoms with Crippen molar-refractivity contribution in [1.29, 1.82) is 0 Å². The average molecular weight is 320 g/mol. The summed E-state index contributed by atoms with van der Waals surface area (Å²) in [5.74, 6) is 0.209. The predicted molar refractivity (Wildman–Crippen MR) is 75.5 cm³/mol. The van der Waals surface area contributed by atoms with Gasteiger partial charge in [-0.25, -0.2) is 0 Å². The fourth-order valence-corrected chi connectivity index (χ4v) is 2.86. The van der Waals surface area contributed by atoms with E-state index in [1.54, 1.807) is 4.90 Å². The van der Waals surface area contributed by atoms with Crippen LogP contribution in [0.5, 0.6) is 0 Å². The summed E-state index contributed by atoms with van der Waals surface area (Å²) in [4.78, 5) is 14.1. The van der Waals surface area contributed by atoms with Gasteiger partial charge in [0.25, 0.3) is 5.91 Å². The number of hydrogen-bond acceptors (Lipinski definition) is 1. The third-order valence-electron chi connectivity index (χ3n) is 3.75. The Morgan fingerprint density at radius 1 is 1.38 bits per heavy atom. The van der Waals surface area contributed by atoms with Gasteiger partial charge in [-0.05, 0) is 43.9 Å². The number of likely N-dealkylation sites (tertiary alicyclic amines) is 1. The second-order valence-corrected chi connectivity index (χ2v) is 5.58. The fraction of sp³-hybridized carbons (Fsp3) is 0.533. The lowest BCUT2D eigenvalue weighted by Gasteiger charge is -2.25. The zero-order valence-corrected chi connectivity index (χ0v) is 12.3. The van der Waals surface area contributed by atoms with Crippen LogP contribution in [0.2, 0.25) is 0 Å². The summed E-state index contributed by atoms with van der Waals surface area (Å²) in [6, 6.07) is 4.71. The maximum absolute atomic E-state index is 12.7. The Morgan fingerprint density at radius 3 is 2.81 bits per heavy atom. The molecule has 1 unspecified atom stereocenters. The largest absolute Gasteiger partial charge is 0.416 e. The third kappa shape index (κ3) is 3.90. The first kappa shape index (κ1) is 16.1. The molecule has 1 amide bonds. The molecular formula is C15H17ClF3NO. The summed E-state index contributed by atoms with van der Waals surface area (Å²) >= 11 is 5.67. The summed E-state index contributed by atoms with van der Waals surface area (Å²) in [5, 5.41) is 0. The van der Waals surface area contributed by atoms with Crippen LogP contribution in [0, 0.1) is 0 Å². The molecule has 1 aliphatic heterocycles. The minimum absolute atomic E-state index is 0.0887. The van der Waals surface area contributed by atoms with Gasteiger partial charge >= 0.3 is 6.18 Å². The molecule has 1 heterocycles. The lowest BCUT2D eigenvalue weighted by atomic mass is 10.1. The van der Waals surface area contributed by atoms with Gasteiger partial charge in [-0.3, -0.25) is 4.79 Å². The van der Waals surface area contributed by atoms with Crippen LogP contribution in [-0.2, 0) is 6.18 Å². The summed E-state index contributed by atoms with van der Waals surface area (Å²) in [6.07, 6.45) is -1.05. The summed E-state index contributed by atoms with van der Waals surface area (Å²) in [7, 11) is 0. The molecule has 116 valence electrons. The van der Waals surface area contributed by atoms with Crippen molar-refractivity contribution in [3.8, 4) is 0 Å². The van der Waals surface area contributed by atoms with E-state index < -0.39 is 11.7 Å². The summed E-state index contributed by atoms with van der Waals surface area (Å²) in [6.45, 7) is 0.599. The molecule has 0 N–H and O–H groups in total. The molecule has 0 spiro atoms. The van der Waals surface area contributed by atoms with Crippen molar-refractivity contribution in [3.05, 3.63) is 35.4 Å². The zero-order valence-electron chi connectivity index (χ0n) is 11.5. The second-order valence-electron chi connectivity index (χ2n) is 5.20. The second kappa shape index (κ2) is 6.69. The minimum Gasteiger partial charge on any atom is -0.336 e. The number of halogens is 4. The summed E-state index contributed by atoms with van der Waals surface area (Å²) in [5.41, 5.74) is -0.688. The molecule has 1 atom stereocenters. The van der Waals surface area contributed by atoms with E-state index in [2.05, 4.69) is 0 Å². The molecule has 0 bridgehead atoms. The van der Waals surface area contributed by atoms with Gasteiger partial charge < -0.3 is 4.90 Å². The molecule has 0 radical (unpaired) electrons. The lowest BCUT2D eigenvalue weighted by Crippen LogP contribution is -2.35. The quantitative estimate of drug-likeness (QED) is 0.756. The van der Waals surface area contributed by atoms with Gasteiger partial charge in [0.05, 0.1) is 5.56 Å². The topological polar surface area (TPSA) is 20.3 Å². The van der Waals surface area contributed by atoms with Crippen molar-refractivity contribution >= 4 is 17.5 Å². The van der Waals surface area contributed by atoms with E-state index in [4.69, 9.17) is 11.6 Å². The molecule has 6 heteroatoms. The standard InChI is InChI=1S/C15H17ClF3NO/c16-8-2-6-13-7-3-9-20(13)14(21)11-4-1-5-12(10-11)15(17,18)19/h1,4-5,10,13H,2-3,6-9H2. The Balaban J connectivity index is 2.16. The normalized spacial score (nSPS) is 19.0. The van der Waals surface area contributed by atoms with Crippen LogP contribution in [0.1, 0.15) is 41.6 Å². The van der Waals surface area contributed by atoms with Crippen LogP contribution in [0.3, 0.4) is 0 Å². The highest BCUT2D eigenvalue weighted by atomic mass is 35.5. The molecule has 21 heavy (non-hydrogen) atoms. The SMILES string of the molecule is O=C(c1cccc(C(F)(F)F)c1)N1CCCC1CCCCl.